The van der Waals surface area contributed by atoms with Crippen molar-refractivity contribution in [3.63, 3.8) is 0 Å². The van der Waals surface area contributed by atoms with Crippen LogP contribution >= 0.6 is 27.5 Å². The molecule has 2 aromatic rings. The van der Waals surface area contributed by atoms with E-state index in [1.54, 1.807) is 6.07 Å². The highest BCUT2D eigenvalue weighted by atomic mass is 79.9. The second-order valence-electron chi connectivity index (χ2n) is 3.62. The van der Waals surface area contributed by atoms with E-state index in [1.165, 1.54) is 0 Å². The van der Waals surface area contributed by atoms with E-state index in [0.29, 0.717) is 5.75 Å². The number of carbonyl (C=O) groups is 1. The number of carbonyl (C=O) groups excluding carboxylic acids is 1. The van der Waals surface area contributed by atoms with Gasteiger partial charge in [0.25, 0.3) is 0 Å². The minimum atomic E-state index is -0.468. The molecule has 0 radical (unpaired) electrons. The van der Waals surface area contributed by atoms with Gasteiger partial charge in [-0.2, -0.15) is 0 Å². The van der Waals surface area contributed by atoms with Gasteiger partial charge in [0.1, 0.15) is 11.6 Å². The van der Waals surface area contributed by atoms with Crippen LogP contribution in [0.2, 0.25) is 0 Å². The normalized spacial score (nSPS) is 10.1. The fraction of sp³-hybridized carbons (Fsp3) is 0.0714. The Bertz CT molecular complexity index is 555. The topological polar surface area (TPSA) is 26.3 Å². The van der Waals surface area contributed by atoms with Gasteiger partial charge in [0.15, 0.2) is 0 Å². The number of halogens is 2. The zero-order valence-electron chi connectivity index (χ0n) is 9.40. The number of ether oxygens (including phenoxy) is 1. The number of rotatable bonds is 3. The van der Waals surface area contributed by atoms with Crippen LogP contribution in [0.5, 0.6) is 5.75 Å². The maximum atomic E-state index is 11.1. The van der Waals surface area contributed by atoms with Crippen molar-refractivity contribution in [1.29, 1.82) is 0 Å². The van der Waals surface area contributed by atoms with E-state index in [2.05, 4.69) is 15.9 Å². The number of benzene rings is 2. The minimum Gasteiger partial charge on any atom is -0.424 e. The first kappa shape index (κ1) is 13.1. The molecule has 0 aliphatic carbocycles. The molecule has 0 aliphatic heterocycles. The van der Waals surface area contributed by atoms with E-state index in [1.807, 2.05) is 42.5 Å². The van der Waals surface area contributed by atoms with Crippen LogP contribution in [-0.4, -0.2) is 11.8 Å². The minimum absolute atomic E-state index is 0.160. The molecule has 0 spiro atoms. The van der Waals surface area contributed by atoms with Crippen LogP contribution in [0.15, 0.2) is 53.0 Å². The summed E-state index contributed by atoms with van der Waals surface area (Å²) in [7, 11) is 0. The molecule has 2 nitrogen and oxygen atoms in total. The lowest BCUT2D eigenvalue weighted by molar-refractivity contribution is -0.131. The summed E-state index contributed by atoms with van der Waals surface area (Å²) in [5.74, 6) is -0.155. The Morgan fingerprint density at radius 1 is 1.11 bits per heavy atom. The number of hydrogen-bond donors (Lipinski definition) is 0. The highest BCUT2D eigenvalue weighted by Gasteiger charge is 2.08. The lowest BCUT2D eigenvalue weighted by Gasteiger charge is -2.07. The van der Waals surface area contributed by atoms with Gasteiger partial charge in [0.2, 0.25) is 0 Å². The Kier molecular flexibility index (Phi) is 4.39. The predicted octanol–water partition coefficient (Wildman–Crippen LogP) is 4.26. The fourth-order valence-corrected chi connectivity index (χ4v) is 2.06. The van der Waals surface area contributed by atoms with Gasteiger partial charge in [0.05, 0.1) is 4.47 Å². The van der Waals surface area contributed by atoms with Crippen LogP contribution in [0, 0.1) is 0 Å². The lowest BCUT2D eigenvalue weighted by atomic mass is 10.1. The number of esters is 1. The van der Waals surface area contributed by atoms with Crippen molar-refractivity contribution in [2.24, 2.45) is 0 Å². The summed E-state index contributed by atoms with van der Waals surface area (Å²) in [5.41, 5.74) is 2.15. The van der Waals surface area contributed by atoms with Gasteiger partial charge in [-0.3, -0.25) is 4.79 Å². The highest BCUT2D eigenvalue weighted by Crippen LogP contribution is 2.30. The summed E-state index contributed by atoms with van der Waals surface area (Å²) in [6.45, 7) is 0. The molecule has 18 heavy (non-hydrogen) atoms. The van der Waals surface area contributed by atoms with E-state index in [9.17, 15) is 4.79 Å². The zero-order chi connectivity index (χ0) is 13.0. The van der Waals surface area contributed by atoms with Gasteiger partial charge in [-0.15, -0.1) is 11.6 Å². The van der Waals surface area contributed by atoms with Gasteiger partial charge in [0, 0.05) is 0 Å². The number of alkyl halides is 1. The molecule has 2 aromatic carbocycles. The van der Waals surface area contributed by atoms with Gasteiger partial charge in [-0.25, -0.2) is 0 Å². The van der Waals surface area contributed by atoms with Gasteiger partial charge in [-0.05, 0) is 39.2 Å². The Hall–Kier alpha value is -1.32. The first-order valence-electron chi connectivity index (χ1n) is 5.32. The van der Waals surface area contributed by atoms with E-state index in [-0.39, 0.29) is 5.88 Å². The molecule has 0 saturated carbocycles. The summed E-state index contributed by atoms with van der Waals surface area (Å²) in [6.07, 6.45) is 0. The molecule has 0 fully saturated rings. The molecule has 0 heterocycles. The van der Waals surface area contributed by atoms with Gasteiger partial charge >= 0.3 is 5.97 Å². The fourth-order valence-electron chi connectivity index (χ4n) is 1.54. The highest BCUT2D eigenvalue weighted by molar-refractivity contribution is 9.10. The summed E-state index contributed by atoms with van der Waals surface area (Å²) in [5, 5.41) is 0. The third kappa shape index (κ3) is 3.12. The monoisotopic (exact) mass is 324 g/mol. The molecule has 0 amide bonds. The standard InChI is InChI=1S/C14H10BrClO2/c15-12-8-11(10-4-2-1-3-5-10)6-7-13(12)18-14(17)9-16/h1-8H,9H2. The van der Waals surface area contributed by atoms with Crippen molar-refractivity contribution in [2.45, 2.75) is 0 Å². The van der Waals surface area contributed by atoms with Crippen LogP contribution in [0.4, 0.5) is 0 Å². The van der Waals surface area contributed by atoms with E-state index >= 15 is 0 Å². The summed E-state index contributed by atoms with van der Waals surface area (Å²) in [6, 6.07) is 15.5. The molecule has 0 saturated heterocycles. The van der Waals surface area contributed by atoms with Crippen molar-refractivity contribution in [2.75, 3.05) is 5.88 Å². The van der Waals surface area contributed by atoms with E-state index < -0.39 is 5.97 Å². The van der Waals surface area contributed by atoms with Crippen LogP contribution < -0.4 is 4.74 Å². The molecule has 0 bridgehead atoms. The quantitative estimate of drug-likeness (QED) is 0.479. The van der Waals surface area contributed by atoms with Crippen molar-refractivity contribution < 1.29 is 9.53 Å². The first-order chi connectivity index (χ1) is 8.70. The average molecular weight is 326 g/mol. The molecular formula is C14H10BrClO2. The molecule has 0 aromatic heterocycles. The molecular weight excluding hydrogens is 316 g/mol. The molecule has 0 atom stereocenters. The van der Waals surface area contributed by atoms with Crippen LogP contribution in [-0.2, 0) is 4.79 Å². The van der Waals surface area contributed by atoms with Crippen molar-refractivity contribution in [3.05, 3.63) is 53.0 Å². The summed E-state index contributed by atoms with van der Waals surface area (Å²) >= 11 is 8.77. The van der Waals surface area contributed by atoms with Crippen LogP contribution in [0.3, 0.4) is 0 Å². The maximum absolute atomic E-state index is 11.1. The lowest BCUT2D eigenvalue weighted by Crippen LogP contribution is -2.09. The predicted molar refractivity (Wildman–Crippen MR) is 75.9 cm³/mol. The van der Waals surface area contributed by atoms with Gasteiger partial charge in [-0.1, -0.05) is 36.4 Å². The largest absolute Gasteiger partial charge is 0.424 e. The molecule has 2 rings (SSSR count). The molecule has 0 unspecified atom stereocenters. The van der Waals surface area contributed by atoms with Crippen LogP contribution in [0.1, 0.15) is 0 Å². The Morgan fingerprint density at radius 3 is 2.44 bits per heavy atom. The van der Waals surface area contributed by atoms with Crippen molar-refractivity contribution >= 4 is 33.5 Å². The van der Waals surface area contributed by atoms with Crippen LogP contribution in [0.25, 0.3) is 11.1 Å². The average Bonchev–Trinajstić information content (AvgIpc) is 2.42. The number of hydrogen-bond acceptors (Lipinski definition) is 2. The Balaban J connectivity index is 2.28. The molecule has 0 N–H and O–H groups in total. The first-order valence-corrected chi connectivity index (χ1v) is 6.65. The van der Waals surface area contributed by atoms with E-state index in [0.717, 1.165) is 15.6 Å². The maximum Gasteiger partial charge on any atom is 0.326 e. The van der Waals surface area contributed by atoms with Crippen molar-refractivity contribution in [3.8, 4) is 16.9 Å². The van der Waals surface area contributed by atoms with Crippen molar-refractivity contribution in [1.82, 2.24) is 0 Å². The third-order valence-electron chi connectivity index (χ3n) is 2.37. The zero-order valence-corrected chi connectivity index (χ0v) is 11.7. The SMILES string of the molecule is O=C(CCl)Oc1ccc(-c2ccccc2)cc1Br. The molecule has 4 heteroatoms. The summed E-state index contributed by atoms with van der Waals surface area (Å²) < 4.78 is 5.79. The third-order valence-corrected chi connectivity index (χ3v) is 3.21. The molecule has 92 valence electrons. The second kappa shape index (κ2) is 6.03. The molecule has 0 aliphatic rings. The smallest absolute Gasteiger partial charge is 0.326 e. The Morgan fingerprint density at radius 2 is 1.83 bits per heavy atom. The van der Waals surface area contributed by atoms with E-state index in [4.69, 9.17) is 16.3 Å². The summed E-state index contributed by atoms with van der Waals surface area (Å²) in [4.78, 5) is 11.1. The Labute approximate surface area is 119 Å². The van der Waals surface area contributed by atoms with Gasteiger partial charge < -0.3 is 4.74 Å². The second-order valence-corrected chi connectivity index (χ2v) is 4.74.